The molecular weight excluding hydrogens is 389 g/mol. The molecule has 27 heavy (non-hydrogen) atoms. The van der Waals surface area contributed by atoms with Gasteiger partial charge in [-0.1, -0.05) is 0 Å². The maximum atomic E-state index is 13.3. The molecule has 1 amide bonds. The number of sulfonamides is 1. The molecule has 0 aliphatic carbocycles. The lowest BCUT2D eigenvalue weighted by molar-refractivity contribution is 0.1000. The molecule has 6 nitrogen and oxygen atoms in total. The minimum atomic E-state index is -3.97. The molecule has 0 saturated carbocycles. The molecule has 140 valence electrons. The summed E-state index contributed by atoms with van der Waals surface area (Å²) in [6.07, 6.45) is 0. The molecule has 3 rings (SSSR count). The van der Waals surface area contributed by atoms with Crippen LogP contribution in [0.25, 0.3) is 0 Å². The molecule has 0 saturated heterocycles. The summed E-state index contributed by atoms with van der Waals surface area (Å²) in [5.74, 6) is -1.11. The van der Waals surface area contributed by atoms with E-state index in [1.54, 1.807) is 5.38 Å². The zero-order chi connectivity index (χ0) is 19.6. The number of nitrogens with two attached hydrogens (primary N) is 1. The molecule has 0 aliphatic rings. The highest BCUT2D eigenvalue weighted by Gasteiger charge is 2.26. The van der Waals surface area contributed by atoms with Gasteiger partial charge < -0.3 is 5.73 Å². The summed E-state index contributed by atoms with van der Waals surface area (Å²) >= 11 is 1.41. The number of thiazole rings is 1. The molecule has 0 spiro atoms. The van der Waals surface area contributed by atoms with E-state index < -0.39 is 21.7 Å². The van der Waals surface area contributed by atoms with Gasteiger partial charge in [0.25, 0.3) is 10.0 Å². The average molecular weight is 405 g/mol. The summed E-state index contributed by atoms with van der Waals surface area (Å²) in [5, 5.41) is 2.59. The maximum Gasteiger partial charge on any atom is 0.264 e. The van der Waals surface area contributed by atoms with Crippen molar-refractivity contribution in [2.75, 3.05) is 4.31 Å². The van der Waals surface area contributed by atoms with Gasteiger partial charge in [0, 0.05) is 10.9 Å². The lowest BCUT2D eigenvalue weighted by Crippen LogP contribution is -2.30. The third-order valence-corrected chi connectivity index (χ3v) is 6.42. The zero-order valence-electron chi connectivity index (χ0n) is 14.3. The van der Waals surface area contributed by atoms with E-state index >= 15 is 0 Å². The molecule has 0 radical (unpaired) electrons. The smallest absolute Gasteiger partial charge is 0.264 e. The number of aryl methyl sites for hydroxylation is 1. The van der Waals surface area contributed by atoms with Crippen molar-refractivity contribution in [1.82, 2.24) is 4.98 Å². The minimum Gasteiger partial charge on any atom is -0.366 e. The number of anilines is 1. The van der Waals surface area contributed by atoms with Crippen LogP contribution in [0.5, 0.6) is 0 Å². The quantitative estimate of drug-likeness (QED) is 0.682. The Morgan fingerprint density at radius 2 is 1.78 bits per heavy atom. The van der Waals surface area contributed by atoms with Gasteiger partial charge in [0.15, 0.2) is 0 Å². The van der Waals surface area contributed by atoms with Gasteiger partial charge in [0.1, 0.15) is 5.82 Å². The van der Waals surface area contributed by atoms with Crippen LogP contribution in [-0.4, -0.2) is 19.3 Å². The number of halogens is 1. The summed E-state index contributed by atoms with van der Waals surface area (Å²) in [7, 11) is -3.97. The Morgan fingerprint density at radius 3 is 2.30 bits per heavy atom. The Bertz CT molecular complexity index is 1060. The van der Waals surface area contributed by atoms with Crippen LogP contribution in [0, 0.1) is 12.7 Å². The minimum absolute atomic E-state index is 0.00409. The first-order valence-electron chi connectivity index (χ1n) is 7.86. The van der Waals surface area contributed by atoms with Crippen molar-refractivity contribution in [3.63, 3.8) is 0 Å². The Balaban J connectivity index is 2.04. The second kappa shape index (κ2) is 7.45. The number of hydrogen-bond acceptors (Lipinski definition) is 5. The standard InChI is InChI=1S/C18H16FN3O3S2/c1-12-21-15(11-26-12)10-22(16-6-4-14(19)5-7-16)27(24,25)17-8-2-13(3-9-17)18(20)23/h2-9,11H,10H2,1H3,(H2,20,23). The summed E-state index contributed by atoms with van der Waals surface area (Å²) in [6.45, 7) is 1.82. The predicted molar refractivity (Wildman–Crippen MR) is 102 cm³/mol. The van der Waals surface area contributed by atoms with E-state index in [1.165, 1.54) is 59.9 Å². The van der Waals surface area contributed by atoms with Crippen LogP contribution in [0.3, 0.4) is 0 Å². The van der Waals surface area contributed by atoms with Gasteiger partial charge in [0.2, 0.25) is 5.91 Å². The van der Waals surface area contributed by atoms with Crippen LogP contribution in [-0.2, 0) is 16.6 Å². The number of carbonyl (C=O) groups is 1. The first-order chi connectivity index (χ1) is 12.8. The molecule has 2 N–H and O–H groups in total. The first kappa shape index (κ1) is 19.0. The number of primary amides is 1. The highest BCUT2D eigenvalue weighted by atomic mass is 32.2. The van der Waals surface area contributed by atoms with Crippen LogP contribution in [0.4, 0.5) is 10.1 Å². The fourth-order valence-corrected chi connectivity index (χ4v) is 4.51. The molecule has 2 aromatic carbocycles. The third kappa shape index (κ3) is 4.15. The average Bonchev–Trinajstić information content (AvgIpc) is 3.05. The van der Waals surface area contributed by atoms with Crippen LogP contribution in [0.15, 0.2) is 58.8 Å². The number of benzene rings is 2. The second-order valence-electron chi connectivity index (χ2n) is 5.73. The molecule has 1 aromatic heterocycles. The number of amides is 1. The monoisotopic (exact) mass is 405 g/mol. The van der Waals surface area contributed by atoms with Crippen molar-refractivity contribution >= 4 is 33.0 Å². The Labute approximate surface area is 160 Å². The molecule has 0 atom stereocenters. The van der Waals surface area contributed by atoms with Crippen molar-refractivity contribution in [2.45, 2.75) is 18.4 Å². The fraction of sp³-hybridized carbons (Fsp3) is 0.111. The fourth-order valence-electron chi connectivity index (χ4n) is 2.47. The summed E-state index contributed by atoms with van der Waals surface area (Å²) < 4.78 is 40.9. The molecule has 3 aromatic rings. The molecule has 9 heteroatoms. The van der Waals surface area contributed by atoms with E-state index in [9.17, 15) is 17.6 Å². The Kier molecular flexibility index (Phi) is 5.24. The van der Waals surface area contributed by atoms with Gasteiger partial charge in [-0.3, -0.25) is 9.10 Å². The molecule has 0 bridgehead atoms. The number of rotatable bonds is 6. The summed E-state index contributed by atoms with van der Waals surface area (Å²) in [5.41, 5.74) is 6.30. The number of nitrogens with zero attached hydrogens (tertiary/aromatic N) is 2. The van der Waals surface area contributed by atoms with Gasteiger partial charge in [0.05, 0.1) is 27.8 Å². The van der Waals surface area contributed by atoms with E-state index in [0.29, 0.717) is 11.4 Å². The number of carbonyl (C=O) groups excluding carboxylic acids is 1. The third-order valence-electron chi connectivity index (χ3n) is 3.81. The highest BCUT2D eigenvalue weighted by Crippen LogP contribution is 2.27. The van der Waals surface area contributed by atoms with Crippen LogP contribution < -0.4 is 10.0 Å². The number of aromatic nitrogens is 1. The molecule has 0 aliphatic heterocycles. The molecule has 0 unspecified atom stereocenters. The second-order valence-corrected chi connectivity index (χ2v) is 8.66. The Hall–Kier alpha value is -2.78. The molecular formula is C18H16FN3O3S2. The topological polar surface area (TPSA) is 93.4 Å². The SMILES string of the molecule is Cc1nc(CN(c2ccc(F)cc2)S(=O)(=O)c2ccc(C(N)=O)cc2)cs1. The highest BCUT2D eigenvalue weighted by molar-refractivity contribution is 7.92. The van der Waals surface area contributed by atoms with Crippen molar-refractivity contribution < 1.29 is 17.6 Å². The van der Waals surface area contributed by atoms with Crippen molar-refractivity contribution in [2.24, 2.45) is 5.73 Å². The van der Waals surface area contributed by atoms with Crippen molar-refractivity contribution in [3.05, 3.63) is 76.0 Å². The van der Waals surface area contributed by atoms with Gasteiger partial charge in [-0.2, -0.15) is 0 Å². The maximum absolute atomic E-state index is 13.3. The van der Waals surface area contributed by atoms with E-state index in [2.05, 4.69) is 4.98 Å². The van der Waals surface area contributed by atoms with Crippen molar-refractivity contribution in [1.29, 1.82) is 0 Å². The summed E-state index contributed by atoms with van der Waals surface area (Å²) in [6, 6.07) is 10.5. The van der Waals surface area contributed by atoms with Gasteiger partial charge in [-0.25, -0.2) is 17.8 Å². The van der Waals surface area contributed by atoms with Gasteiger partial charge in [-0.15, -0.1) is 11.3 Å². The lowest BCUT2D eigenvalue weighted by atomic mass is 10.2. The van der Waals surface area contributed by atoms with Gasteiger partial charge >= 0.3 is 0 Å². The van der Waals surface area contributed by atoms with Crippen LogP contribution in [0.2, 0.25) is 0 Å². The van der Waals surface area contributed by atoms with E-state index in [0.717, 1.165) is 9.31 Å². The number of hydrogen-bond donors (Lipinski definition) is 1. The van der Waals surface area contributed by atoms with Crippen LogP contribution >= 0.6 is 11.3 Å². The van der Waals surface area contributed by atoms with E-state index in [-0.39, 0.29) is 17.0 Å². The normalized spacial score (nSPS) is 11.3. The molecule has 0 fully saturated rings. The van der Waals surface area contributed by atoms with Gasteiger partial charge in [-0.05, 0) is 55.5 Å². The van der Waals surface area contributed by atoms with Crippen molar-refractivity contribution in [3.8, 4) is 0 Å². The van der Waals surface area contributed by atoms with E-state index in [4.69, 9.17) is 5.73 Å². The largest absolute Gasteiger partial charge is 0.366 e. The lowest BCUT2D eigenvalue weighted by Gasteiger charge is -2.24. The first-order valence-corrected chi connectivity index (χ1v) is 10.2. The van der Waals surface area contributed by atoms with Crippen LogP contribution in [0.1, 0.15) is 21.1 Å². The predicted octanol–water partition coefficient (Wildman–Crippen LogP) is 3.09. The molecule has 1 heterocycles. The summed E-state index contributed by atoms with van der Waals surface area (Å²) in [4.78, 5) is 15.5. The Morgan fingerprint density at radius 1 is 1.15 bits per heavy atom. The van der Waals surface area contributed by atoms with E-state index in [1.807, 2.05) is 6.92 Å². The zero-order valence-corrected chi connectivity index (χ0v) is 15.9.